The maximum atomic E-state index is 13.1. The normalized spacial score (nSPS) is 10.8. The minimum absolute atomic E-state index is 0.00447. The fourth-order valence-corrected chi connectivity index (χ4v) is 2.31. The largest absolute Gasteiger partial charge is 0.432 e. The van der Waals surface area contributed by atoms with E-state index in [1.165, 1.54) is 10.9 Å². The Balaban J connectivity index is 2.01. The molecule has 25 heavy (non-hydrogen) atoms. The molecule has 12 heteroatoms. The number of halogens is 4. The van der Waals surface area contributed by atoms with Crippen LogP contribution >= 0.6 is 15.9 Å². The van der Waals surface area contributed by atoms with Gasteiger partial charge in [-0.3, -0.25) is 4.79 Å². The van der Waals surface area contributed by atoms with Crippen LogP contribution in [-0.2, 0) is 11.3 Å². The van der Waals surface area contributed by atoms with Crippen molar-refractivity contribution in [2.75, 3.05) is 5.32 Å². The van der Waals surface area contributed by atoms with Crippen molar-refractivity contribution in [2.45, 2.75) is 19.6 Å². The highest BCUT2D eigenvalue weighted by Crippen LogP contribution is 2.27. The van der Waals surface area contributed by atoms with Gasteiger partial charge in [-0.25, -0.2) is 4.39 Å². The van der Waals surface area contributed by atoms with Gasteiger partial charge in [0.05, 0.1) is 23.5 Å². The molecule has 0 aliphatic carbocycles. The maximum Gasteiger partial charge on any atom is 0.404 e. The standard InChI is InChI=1S/C13H10BrF3N4O4/c14-8-6-20(19-12(8)21(23)24)4-3-11(22)18-9-2-1-7(15)5-10(9)25-13(16)17/h1-2,5-6,13H,3-4H2,(H,18,22). The number of carbonyl (C=O) groups excluding carboxylic acids is 1. The monoisotopic (exact) mass is 422 g/mol. The molecule has 0 spiro atoms. The zero-order chi connectivity index (χ0) is 18.6. The molecule has 2 aromatic rings. The summed E-state index contributed by atoms with van der Waals surface area (Å²) in [7, 11) is 0. The molecule has 1 aromatic carbocycles. The Morgan fingerprint density at radius 3 is 2.80 bits per heavy atom. The van der Waals surface area contributed by atoms with E-state index in [9.17, 15) is 28.1 Å². The summed E-state index contributed by atoms with van der Waals surface area (Å²) in [6.07, 6.45) is 1.17. The van der Waals surface area contributed by atoms with Crippen LogP contribution in [0.1, 0.15) is 6.42 Å². The Labute approximate surface area is 146 Å². The fraction of sp³-hybridized carbons (Fsp3) is 0.231. The predicted molar refractivity (Wildman–Crippen MR) is 82.9 cm³/mol. The number of hydrogen-bond acceptors (Lipinski definition) is 5. The number of carbonyl (C=O) groups is 1. The van der Waals surface area contributed by atoms with Crippen molar-refractivity contribution in [1.29, 1.82) is 0 Å². The van der Waals surface area contributed by atoms with Crippen molar-refractivity contribution < 1.29 is 27.6 Å². The van der Waals surface area contributed by atoms with E-state index in [1.54, 1.807) is 0 Å². The first-order valence-corrected chi connectivity index (χ1v) is 7.47. The van der Waals surface area contributed by atoms with Gasteiger partial charge in [0.15, 0.2) is 5.75 Å². The number of nitro groups is 1. The molecule has 1 amide bonds. The molecule has 1 aromatic heterocycles. The van der Waals surface area contributed by atoms with Crippen LogP contribution in [0.4, 0.5) is 24.7 Å². The van der Waals surface area contributed by atoms with Crippen LogP contribution in [-0.4, -0.2) is 27.2 Å². The van der Waals surface area contributed by atoms with Crippen LogP contribution < -0.4 is 10.1 Å². The summed E-state index contributed by atoms with van der Waals surface area (Å²) in [5, 5.41) is 16.7. The summed E-state index contributed by atoms with van der Waals surface area (Å²) in [6, 6.07) is 2.78. The molecule has 0 atom stereocenters. The minimum atomic E-state index is -3.18. The van der Waals surface area contributed by atoms with E-state index in [0.717, 1.165) is 18.2 Å². The van der Waals surface area contributed by atoms with Crippen LogP contribution in [0.25, 0.3) is 0 Å². The average Bonchev–Trinajstić information content (AvgIpc) is 2.89. The van der Waals surface area contributed by atoms with E-state index in [2.05, 4.69) is 31.1 Å². The van der Waals surface area contributed by atoms with Crippen molar-refractivity contribution >= 4 is 33.3 Å². The lowest BCUT2D eigenvalue weighted by atomic mass is 10.2. The molecular weight excluding hydrogens is 413 g/mol. The van der Waals surface area contributed by atoms with Gasteiger partial charge in [0.2, 0.25) is 5.91 Å². The molecule has 0 saturated carbocycles. The molecule has 0 aliphatic rings. The molecule has 0 fully saturated rings. The molecule has 134 valence electrons. The highest BCUT2D eigenvalue weighted by molar-refractivity contribution is 9.10. The van der Waals surface area contributed by atoms with Crippen LogP contribution in [0.3, 0.4) is 0 Å². The third kappa shape index (κ3) is 5.17. The van der Waals surface area contributed by atoms with Crippen molar-refractivity contribution in [3.8, 4) is 5.75 Å². The van der Waals surface area contributed by atoms with E-state index in [4.69, 9.17) is 0 Å². The summed E-state index contributed by atoms with van der Waals surface area (Å²) in [6.45, 7) is -3.18. The minimum Gasteiger partial charge on any atom is -0.432 e. The first kappa shape index (κ1) is 18.7. The van der Waals surface area contributed by atoms with E-state index in [0.29, 0.717) is 0 Å². The Morgan fingerprint density at radius 1 is 1.48 bits per heavy atom. The number of nitrogens with one attached hydrogen (secondary N) is 1. The van der Waals surface area contributed by atoms with E-state index >= 15 is 0 Å². The first-order chi connectivity index (χ1) is 11.8. The number of nitrogens with zero attached hydrogens (tertiary/aromatic N) is 3. The third-order valence-electron chi connectivity index (χ3n) is 2.87. The second-order valence-electron chi connectivity index (χ2n) is 4.64. The number of aromatic nitrogens is 2. The van der Waals surface area contributed by atoms with Gasteiger partial charge in [-0.1, -0.05) is 0 Å². The second kappa shape index (κ2) is 7.96. The highest BCUT2D eigenvalue weighted by Gasteiger charge is 2.19. The molecule has 0 aliphatic heterocycles. The first-order valence-electron chi connectivity index (χ1n) is 6.68. The summed E-state index contributed by atoms with van der Waals surface area (Å²) >= 11 is 2.97. The number of benzene rings is 1. The fourth-order valence-electron chi connectivity index (χ4n) is 1.85. The van der Waals surface area contributed by atoms with Gasteiger partial charge in [-0.05, 0) is 33.0 Å². The van der Waals surface area contributed by atoms with E-state index in [1.807, 2.05) is 0 Å². The predicted octanol–water partition coefficient (Wildman–Crippen LogP) is 3.32. The summed E-state index contributed by atoms with van der Waals surface area (Å²) in [4.78, 5) is 21.9. The topological polar surface area (TPSA) is 99.3 Å². The number of anilines is 1. The van der Waals surface area contributed by atoms with Crippen molar-refractivity contribution in [3.63, 3.8) is 0 Å². The van der Waals surface area contributed by atoms with Crippen molar-refractivity contribution in [1.82, 2.24) is 9.78 Å². The summed E-state index contributed by atoms with van der Waals surface area (Å²) in [5.74, 6) is -2.31. The number of aryl methyl sites for hydroxylation is 1. The zero-order valence-electron chi connectivity index (χ0n) is 12.3. The van der Waals surface area contributed by atoms with Gasteiger partial charge >= 0.3 is 12.4 Å². The third-order valence-corrected chi connectivity index (χ3v) is 3.43. The molecule has 0 radical (unpaired) electrons. The smallest absolute Gasteiger partial charge is 0.404 e. The molecule has 0 bridgehead atoms. The lowest BCUT2D eigenvalue weighted by molar-refractivity contribution is -0.390. The second-order valence-corrected chi connectivity index (χ2v) is 5.49. The molecule has 0 unspecified atom stereocenters. The van der Waals surface area contributed by atoms with Gasteiger partial charge in [-0.15, -0.1) is 0 Å². The summed E-state index contributed by atoms with van der Waals surface area (Å²) < 4.78 is 43.2. The van der Waals surface area contributed by atoms with Gasteiger partial charge in [0.25, 0.3) is 0 Å². The Bertz CT molecular complexity index is 800. The molecular formula is C13H10BrF3N4O4. The van der Waals surface area contributed by atoms with Gasteiger partial charge in [0.1, 0.15) is 10.3 Å². The van der Waals surface area contributed by atoms with Gasteiger partial charge in [-0.2, -0.15) is 13.5 Å². The van der Waals surface area contributed by atoms with Crippen LogP contribution in [0.2, 0.25) is 0 Å². The molecule has 2 rings (SSSR count). The van der Waals surface area contributed by atoms with Crippen LogP contribution in [0.15, 0.2) is 28.9 Å². The maximum absolute atomic E-state index is 13.1. The SMILES string of the molecule is O=C(CCn1cc(Br)c([N+](=O)[O-])n1)Nc1ccc(F)cc1OC(F)F. The summed E-state index contributed by atoms with van der Waals surface area (Å²) in [5.41, 5.74) is -0.126. The average molecular weight is 423 g/mol. The van der Waals surface area contributed by atoms with Crippen molar-refractivity contribution in [2.24, 2.45) is 0 Å². The van der Waals surface area contributed by atoms with E-state index < -0.39 is 34.8 Å². The number of ether oxygens (including phenoxy) is 1. The lowest BCUT2D eigenvalue weighted by Gasteiger charge is -2.11. The number of rotatable bonds is 7. The van der Waals surface area contributed by atoms with Crippen LogP contribution in [0, 0.1) is 15.9 Å². The highest BCUT2D eigenvalue weighted by atomic mass is 79.9. The van der Waals surface area contributed by atoms with Gasteiger partial charge < -0.3 is 20.2 Å². The molecule has 0 saturated heterocycles. The molecule has 8 nitrogen and oxygen atoms in total. The number of hydrogen-bond donors (Lipinski definition) is 1. The van der Waals surface area contributed by atoms with E-state index in [-0.39, 0.29) is 23.1 Å². The number of alkyl halides is 2. The Hall–Kier alpha value is -2.63. The van der Waals surface area contributed by atoms with Gasteiger partial charge in [0, 0.05) is 12.5 Å². The molecule has 1 N–H and O–H groups in total. The quantitative estimate of drug-likeness (QED) is 0.544. The zero-order valence-corrected chi connectivity index (χ0v) is 13.9. The van der Waals surface area contributed by atoms with Crippen LogP contribution in [0.5, 0.6) is 5.75 Å². The van der Waals surface area contributed by atoms with Crippen molar-refractivity contribution in [3.05, 3.63) is 44.8 Å². The lowest BCUT2D eigenvalue weighted by Crippen LogP contribution is -2.16. The molecule has 1 heterocycles. The Morgan fingerprint density at radius 2 is 2.20 bits per heavy atom. The number of amides is 1. The Kier molecular flexibility index (Phi) is 5.96.